The van der Waals surface area contributed by atoms with E-state index in [4.69, 9.17) is 5.84 Å². The molecule has 1 atom stereocenters. The van der Waals surface area contributed by atoms with E-state index in [1.807, 2.05) is 30.8 Å². The molecule has 0 fully saturated rings. The molecule has 3 aromatic rings. The highest BCUT2D eigenvalue weighted by Crippen LogP contribution is 2.20. The van der Waals surface area contributed by atoms with Crippen LogP contribution in [0.5, 0.6) is 0 Å². The van der Waals surface area contributed by atoms with Gasteiger partial charge in [0.1, 0.15) is 0 Å². The Hall–Kier alpha value is -1.76. The van der Waals surface area contributed by atoms with E-state index in [0.29, 0.717) is 0 Å². The van der Waals surface area contributed by atoms with Gasteiger partial charge in [-0.1, -0.05) is 18.2 Å². The third-order valence-corrected chi connectivity index (χ3v) is 4.59. The first-order valence-corrected chi connectivity index (χ1v) is 7.83. The fourth-order valence-electron chi connectivity index (χ4n) is 2.57. The van der Waals surface area contributed by atoms with E-state index < -0.39 is 0 Å². The van der Waals surface area contributed by atoms with E-state index in [0.717, 1.165) is 34.8 Å². The number of thiazole rings is 1. The molecule has 0 saturated heterocycles. The summed E-state index contributed by atoms with van der Waals surface area (Å²) in [6.07, 6.45) is 1.61. The van der Waals surface area contributed by atoms with Crippen LogP contribution in [0, 0.1) is 6.92 Å². The Balaban J connectivity index is 1.82. The lowest BCUT2D eigenvalue weighted by Crippen LogP contribution is -2.38. The Bertz CT molecular complexity index is 745. The molecule has 0 aliphatic heterocycles. The zero-order valence-electron chi connectivity index (χ0n) is 12.2. The second-order valence-electron chi connectivity index (χ2n) is 5.24. The number of nitrogens with zero attached hydrogens (tertiary/aromatic N) is 3. The number of aryl methyl sites for hydroxylation is 2. The van der Waals surface area contributed by atoms with Crippen molar-refractivity contribution in [2.24, 2.45) is 12.9 Å². The summed E-state index contributed by atoms with van der Waals surface area (Å²) in [7, 11) is 1.97. The first kappa shape index (κ1) is 14.2. The zero-order valence-corrected chi connectivity index (χ0v) is 13.0. The molecule has 6 heteroatoms. The van der Waals surface area contributed by atoms with E-state index >= 15 is 0 Å². The van der Waals surface area contributed by atoms with Gasteiger partial charge in [0.15, 0.2) is 0 Å². The molecule has 0 spiro atoms. The minimum Gasteiger partial charge on any atom is -0.271 e. The van der Waals surface area contributed by atoms with Crippen LogP contribution in [0.15, 0.2) is 29.6 Å². The summed E-state index contributed by atoms with van der Waals surface area (Å²) < 4.78 is 1.92. The molecular formula is C15H19N5S. The van der Waals surface area contributed by atoms with Crippen LogP contribution in [0.3, 0.4) is 0 Å². The van der Waals surface area contributed by atoms with Crippen LogP contribution >= 0.6 is 11.3 Å². The van der Waals surface area contributed by atoms with Gasteiger partial charge in [0.05, 0.1) is 16.2 Å². The van der Waals surface area contributed by atoms with Crippen LogP contribution in [0.2, 0.25) is 0 Å². The molecular weight excluding hydrogens is 282 g/mol. The average Bonchev–Trinajstić information content (AvgIpc) is 3.03. The summed E-state index contributed by atoms with van der Waals surface area (Å²) in [5, 5.41) is 8.99. The van der Waals surface area contributed by atoms with Crippen LogP contribution < -0.4 is 11.3 Å². The molecule has 0 aliphatic carbocycles. The van der Waals surface area contributed by atoms with Gasteiger partial charge in [-0.3, -0.25) is 16.0 Å². The predicted molar refractivity (Wildman–Crippen MR) is 86.1 cm³/mol. The molecule has 5 nitrogen and oxygen atoms in total. The van der Waals surface area contributed by atoms with E-state index in [9.17, 15) is 0 Å². The van der Waals surface area contributed by atoms with Crippen molar-refractivity contribution in [3.05, 3.63) is 46.0 Å². The number of benzene rings is 1. The molecule has 0 bridgehead atoms. The molecule has 21 heavy (non-hydrogen) atoms. The van der Waals surface area contributed by atoms with Crippen molar-refractivity contribution in [2.45, 2.75) is 25.8 Å². The highest BCUT2D eigenvalue weighted by atomic mass is 32.1. The minimum atomic E-state index is 0.133. The average molecular weight is 301 g/mol. The molecule has 3 N–H and O–H groups in total. The number of hydrogen-bond donors (Lipinski definition) is 2. The smallest absolute Gasteiger partial charge is 0.0944 e. The Morgan fingerprint density at radius 3 is 2.86 bits per heavy atom. The molecule has 3 rings (SSSR count). The first-order chi connectivity index (χ1) is 10.2. The van der Waals surface area contributed by atoms with Crippen molar-refractivity contribution in [3.63, 3.8) is 0 Å². The van der Waals surface area contributed by atoms with Gasteiger partial charge in [-0.25, -0.2) is 4.98 Å². The molecule has 1 aromatic carbocycles. The lowest BCUT2D eigenvalue weighted by atomic mass is 10.1. The quantitative estimate of drug-likeness (QED) is 0.558. The van der Waals surface area contributed by atoms with E-state index in [-0.39, 0.29) is 6.04 Å². The Labute approximate surface area is 127 Å². The topological polar surface area (TPSA) is 68.8 Å². The molecule has 2 aromatic heterocycles. The van der Waals surface area contributed by atoms with E-state index in [1.54, 1.807) is 11.3 Å². The maximum Gasteiger partial charge on any atom is 0.0944 e. The Morgan fingerprint density at radius 2 is 2.14 bits per heavy atom. The maximum atomic E-state index is 5.72. The van der Waals surface area contributed by atoms with Gasteiger partial charge in [0, 0.05) is 42.4 Å². The summed E-state index contributed by atoms with van der Waals surface area (Å²) in [6, 6.07) is 8.40. The number of fused-ring (bicyclic) bond motifs is 1. The third kappa shape index (κ3) is 2.97. The van der Waals surface area contributed by atoms with Gasteiger partial charge in [-0.15, -0.1) is 11.3 Å². The molecule has 0 amide bonds. The fraction of sp³-hybridized carbons (Fsp3) is 0.333. The number of aromatic nitrogens is 3. The number of rotatable bonds is 5. The van der Waals surface area contributed by atoms with Gasteiger partial charge in [0.25, 0.3) is 0 Å². The maximum absolute atomic E-state index is 5.72. The highest BCUT2D eigenvalue weighted by molar-refractivity contribution is 7.09. The molecule has 1 unspecified atom stereocenters. The SMILES string of the molecule is Cc1csc(CC(Cc2nn(C)c3ccccc23)NN)n1. The zero-order chi connectivity index (χ0) is 14.8. The summed E-state index contributed by atoms with van der Waals surface area (Å²) in [4.78, 5) is 4.50. The predicted octanol–water partition coefficient (Wildman–Crippen LogP) is 1.96. The van der Waals surface area contributed by atoms with Gasteiger partial charge in [0.2, 0.25) is 0 Å². The second-order valence-corrected chi connectivity index (χ2v) is 6.18. The lowest BCUT2D eigenvalue weighted by Gasteiger charge is -2.13. The van der Waals surface area contributed by atoms with Crippen molar-refractivity contribution in [1.29, 1.82) is 0 Å². The van der Waals surface area contributed by atoms with Crippen LogP contribution in [0.25, 0.3) is 10.9 Å². The van der Waals surface area contributed by atoms with Crippen molar-refractivity contribution < 1.29 is 0 Å². The Kier molecular flexibility index (Phi) is 4.01. The number of hydrazine groups is 1. The molecule has 0 aliphatic rings. The van der Waals surface area contributed by atoms with Gasteiger partial charge in [-0.05, 0) is 13.0 Å². The first-order valence-electron chi connectivity index (χ1n) is 6.95. The normalized spacial score (nSPS) is 12.9. The molecule has 2 heterocycles. The molecule has 0 saturated carbocycles. The number of nitrogens with one attached hydrogen (secondary N) is 1. The largest absolute Gasteiger partial charge is 0.271 e. The monoisotopic (exact) mass is 301 g/mol. The number of nitrogens with two attached hydrogens (primary N) is 1. The standard InChI is InChI=1S/C15H19N5S/c1-10-9-21-15(17-10)8-11(18-16)7-13-12-5-3-4-6-14(12)20(2)19-13/h3-6,9,11,18H,7-8,16H2,1-2H3. The summed E-state index contributed by atoms with van der Waals surface area (Å²) >= 11 is 1.68. The van der Waals surface area contributed by atoms with Crippen molar-refractivity contribution in [2.75, 3.05) is 0 Å². The van der Waals surface area contributed by atoms with Crippen LogP contribution in [-0.2, 0) is 19.9 Å². The van der Waals surface area contributed by atoms with E-state index in [2.05, 4.69) is 33.0 Å². The molecule has 0 radical (unpaired) electrons. The van der Waals surface area contributed by atoms with Gasteiger partial charge >= 0.3 is 0 Å². The van der Waals surface area contributed by atoms with Crippen LogP contribution in [0.4, 0.5) is 0 Å². The lowest BCUT2D eigenvalue weighted by molar-refractivity contribution is 0.514. The van der Waals surface area contributed by atoms with Crippen molar-refractivity contribution in [3.8, 4) is 0 Å². The van der Waals surface area contributed by atoms with Crippen molar-refractivity contribution >= 4 is 22.2 Å². The van der Waals surface area contributed by atoms with E-state index in [1.165, 1.54) is 5.39 Å². The summed E-state index contributed by atoms with van der Waals surface area (Å²) in [6.45, 7) is 2.01. The summed E-state index contributed by atoms with van der Waals surface area (Å²) in [5.74, 6) is 5.72. The number of para-hydroxylation sites is 1. The third-order valence-electron chi connectivity index (χ3n) is 3.60. The number of hydrogen-bond acceptors (Lipinski definition) is 5. The summed E-state index contributed by atoms with van der Waals surface area (Å²) in [5.41, 5.74) is 6.18. The van der Waals surface area contributed by atoms with Crippen LogP contribution in [0.1, 0.15) is 16.4 Å². The fourth-order valence-corrected chi connectivity index (χ4v) is 3.42. The van der Waals surface area contributed by atoms with Gasteiger partial charge in [-0.2, -0.15) is 5.10 Å². The van der Waals surface area contributed by atoms with Crippen LogP contribution in [-0.4, -0.2) is 20.8 Å². The van der Waals surface area contributed by atoms with Crippen molar-refractivity contribution in [1.82, 2.24) is 20.2 Å². The highest BCUT2D eigenvalue weighted by Gasteiger charge is 2.15. The minimum absolute atomic E-state index is 0.133. The second kappa shape index (κ2) is 5.93. The Morgan fingerprint density at radius 1 is 1.33 bits per heavy atom. The molecule has 110 valence electrons. The van der Waals surface area contributed by atoms with Gasteiger partial charge < -0.3 is 0 Å².